The van der Waals surface area contributed by atoms with E-state index in [0.29, 0.717) is 16.5 Å². The maximum atomic E-state index is 12.1. The number of rotatable bonds is 7. The average Bonchev–Trinajstić information content (AvgIpc) is 2.63. The van der Waals surface area contributed by atoms with Gasteiger partial charge >= 0.3 is 5.97 Å². The third-order valence-corrected chi connectivity index (χ3v) is 4.34. The summed E-state index contributed by atoms with van der Waals surface area (Å²) in [7, 11) is 0. The predicted molar refractivity (Wildman–Crippen MR) is 111 cm³/mol. The number of esters is 1. The summed E-state index contributed by atoms with van der Waals surface area (Å²) in [5, 5.41) is 3.24. The topological polar surface area (TPSA) is 64.6 Å². The molecule has 0 spiro atoms. The van der Waals surface area contributed by atoms with E-state index < -0.39 is 18.0 Å². The number of anilines is 1. The number of ether oxygens (including phenoxy) is 2. The molecule has 1 N–H and O–H groups in total. The number of halogens is 1. The minimum atomic E-state index is -0.908. The summed E-state index contributed by atoms with van der Waals surface area (Å²) in [5.74, 6) is -0.214. The third-order valence-electron chi connectivity index (χ3n) is 4.08. The van der Waals surface area contributed by atoms with Gasteiger partial charge in [0, 0.05) is 10.7 Å². The van der Waals surface area contributed by atoms with E-state index in [1.807, 2.05) is 24.3 Å². The summed E-state index contributed by atoms with van der Waals surface area (Å²) in [6.45, 7) is 8.13. The quantitative estimate of drug-likeness (QED) is 0.662. The molecule has 1 amide bonds. The summed E-state index contributed by atoms with van der Waals surface area (Å²) >= 11 is 5.81. The van der Waals surface area contributed by atoms with Crippen molar-refractivity contribution in [1.82, 2.24) is 0 Å². The van der Waals surface area contributed by atoms with Crippen LogP contribution in [0.15, 0.2) is 48.5 Å². The standard InChI is InChI=1S/C22H26ClNO4/c1-15(21(26)24-18-9-7-17(23)8-10-18)28-20(25)13-14-27-19-11-5-16(6-12-19)22(2,3)4/h5-12,15H,13-14H2,1-4H3,(H,24,26)/t15-/m0/s1. The molecule has 2 aromatic rings. The molecule has 0 aliphatic heterocycles. The molecule has 1 atom stereocenters. The van der Waals surface area contributed by atoms with Crippen molar-refractivity contribution in [1.29, 1.82) is 0 Å². The Bertz CT molecular complexity index is 795. The van der Waals surface area contributed by atoms with E-state index in [4.69, 9.17) is 21.1 Å². The SMILES string of the molecule is C[C@H](OC(=O)CCOc1ccc(C(C)(C)C)cc1)C(=O)Nc1ccc(Cl)cc1. The predicted octanol–water partition coefficient (Wildman–Crippen LogP) is 4.98. The highest BCUT2D eigenvalue weighted by Crippen LogP contribution is 2.24. The van der Waals surface area contributed by atoms with Gasteiger partial charge in [-0.05, 0) is 54.3 Å². The zero-order valence-corrected chi connectivity index (χ0v) is 17.4. The second kappa shape index (κ2) is 9.60. The molecule has 0 saturated carbocycles. The van der Waals surface area contributed by atoms with E-state index in [0.717, 1.165) is 0 Å². The van der Waals surface area contributed by atoms with Crippen molar-refractivity contribution in [2.75, 3.05) is 11.9 Å². The minimum Gasteiger partial charge on any atom is -0.493 e. The van der Waals surface area contributed by atoms with E-state index in [1.165, 1.54) is 12.5 Å². The van der Waals surface area contributed by atoms with Crippen LogP contribution < -0.4 is 10.1 Å². The van der Waals surface area contributed by atoms with Crippen LogP contribution in [-0.4, -0.2) is 24.6 Å². The number of hydrogen-bond acceptors (Lipinski definition) is 4. The van der Waals surface area contributed by atoms with Gasteiger partial charge in [0.25, 0.3) is 5.91 Å². The zero-order valence-electron chi connectivity index (χ0n) is 16.6. The van der Waals surface area contributed by atoms with Crippen LogP contribution in [0.4, 0.5) is 5.69 Å². The summed E-state index contributed by atoms with van der Waals surface area (Å²) in [4.78, 5) is 24.0. The van der Waals surface area contributed by atoms with Crippen molar-refractivity contribution in [3.63, 3.8) is 0 Å². The van der Waals surface area contributed by atoms with E-state index in [9.17, 15) is 9.59 Å². The Morgan fingerprint density at radius 2 is 1.64 bits per heavy atom. The third kappa shape index (κ3) is 6.89. The lowest BCUT2D eigenvalue weighted by atomic mass is 9.87. The molecule has 2 aromatic carbocycles. The fraction of sp³-hybridized carbons (Fsp3) is 0.364. The number of nitrogens with one attached hydrogen (secondary N) is 1. The van der Waals surface area contributed by atoms with Gasteiger partial charge in [-0.25, -0.2) is 0 Å². The van der Waals surface area contributed by atoms with Crippen LogP contribution in [-0.2, 0) is 19.7 Å². The smallest absolute Gasteiger partial charge is 0.310 e. The lowest BCUT2D eigenvalue weighted by Gasteiger charge is -2.19. The van der Waals surface area contributed by atoms with Crippen LogP contribution in [0.25, 0.3) is 0 Å². The van der Waals surface area contributed by atoms with Crippen molar-refractivity contribution in [2.45, 2.75) is 45.6 Å². The Labute approximate surface area is 171 Å². The molecule has 0 bridgehead atoms. The zero-order chi connectivity index (χ0) is 20.7. The number of hydrogen-bond donors (Lipinski definition) is 1. The molecule has 0 fully saturated rings. The summed E-state index contributed by atoms with van der Waals surface area (Å²) in [6.07, 6.45) is -0.853. The lowest BCUT2D eigenvalue weighted by Crippen LogP contribution is -2.30. The van der Waals surface area contributed by atoms with Crippen LogP contribution in [0.3, 0.4) is 0 Å². The molecule has 28 heavy (non-hydrogen) atoms. The fourth-order valence-electron chi connectivity index (χ4n) is 2.39. The summed E-state index contributed by atoms with van der Waals surface area (Å²) in [5.41, 5.74) is 1.87. The van der Waals surface area contributed by atoms with Gasteiger partial charge in [-0.15, -0.1) is 0 Å². The van der Waals surface area contributed by atoms with Gasteiger partial charge in [0.1, 0.15) is 5.75 Å². The van der Waals surface area contributed by atoms with Crippen LogP contribution >= 0.6 is 11.6 Å². The highest BCUT2D eigenvalue weighted by molar-refractivity contribution is 6.30. The molecule has 150 valence electrons. The lowest BCUT2D eigenvalue weighted by molar-refractivity contribution is -0.153. The van der Waals surface area contributed by atoms with Gasteiger partial charge in [0.15, 0.2) is 6.10 Å². The molecular formula is C22H26ClNO4. The number of carbonyl (C=O) groups is 2. The molecule has 0 saturated heterocycles. The maximum absolute atomic E-state index is 12.1. The van der Waals surface area contributed by atoms with Crippen LogP contribution in [0, 0.1) is 0 Å². The van der Waals surface area contributed by atoms with Gasteiger partial charge in [-0.2, -0.15) is 0 Å². The number of carbonyl (C=O) groups excluding carboxylic acids is 2. The number of amides is 1. The second-order valence-corrected chi connectivity index (χ2v) is 7.94. The van der Waals surface area contributed by atoms with Crippen molar-refractivity contribution >= 4 is 29.2 Å². The average molecular weight is 404 g/mol. The normalized spacial score (nSPS) is 12.2. The first kappa shape index (κ1) is 21.8. The van der Waals surface area contributed by atoms with Crippen LogP contribution in [0.5, 0.6) is 5.75 Å². The first-order valence-corrected chi connectivity index (χ1v) is 9.52. The molecule has 0 aliphatic carbocycles. The molecule has 6 heteroatoms. The minimum absolute atomic E-state index is 0.0551. The first-order chi connectivity index (χ1) is 13.1. The van der Waals surface area contributed by atoms with Gasteiger partial charge in [0.2, 0.25) is 0 Å². The van der Waals surface area contributed by atoms with E-state index in [-0.39, 0.29) is 18.4 Å². The van der Waals surface area contributed by atoms with Crippen molar-refractivity contribution < 1.29 is 19.1 Å². The number of benzene rings is 2. The molecule has 0 unspecified atom stereocenters. The Hall–Kier alpha value is -2.53. The molecule has 5 nitrogen and oxygen atoms in total. The first-order valence-electron chi connectivity index (χ1n) is 9.14. The highest BCUT2D eigenvalue weighted by atomic mass is 35.5. The monoisotopic (exact) mass is 403 g/mol. The Morgan fingerprint density at radius 1 is 1.04 bits per heavy atom. The van der Waals surface area contributed by atoms with Gasteiger partial charge in [0.05, 0.1) is 13.0 Å². The Kier molecular flexibility index (Phi) is 7.46. The van der Waals surface area contributed by atoms with Crippen molar-refractivity contribution in [2.24, 2.45) is 0 Å². The maximum Gasteiger partial charge on any atom is 0.310 e. The van der Waals surface area contributed by atoms with Crippen molar-refractivity contribution in [3.05, 3.63) is 59.1 Å². The molecule has 0 radical (unpaired) electrons. The summed E-state index contributed by atoms with van der Waals surface area (Å²) < 4.78 is 10.7. The molecule has 0 aliphatic rings. The molecule has 0 heterocycles. The highest BCUT2D eigenvalue weighted by Gasteiger charge is 2.18. The van der Waals surface area contributed by atoms with Gasteiger partial charge in [-0.3, -0.25) is 9.59 Å². The fourth-order valence-corrected chi connectivity index (χ4v) is 2.52. The largest absolute Gasteiger partial charge is 0.493 e. The van der Waals surface area contributed by atoms with Gasteiger partial charge in [-0.1, -0.05) is 44.5 Å². The van der Waals surface area contributed by atoms with Crippen LogP contribution in [0.2, 0.25) is 5.02 Å². The molecule has 2 rings (SSSR count). The van der Waals surface area contributed by atoms with E-state index >= 15 is 0 Å². The second-order valence-electron chi connectivity index (χ2n) is 7.50. The summed E-state index contributed by atoms with van der Waals surface area (Å²) in [6, 6.07) is 14.5. The van der Waals surface area contributed by atoms with Crippen molar-refractivity contribution in [3.8, 4) is 5.75 Å². The van der Waals surface area contributed by atoms with E-state index in [1.54, 1.807) is 24.3 Å². The Balaban J connectivity index is 1.74. The molecular weight excluding hydrogens is 378 g/mol. The molecule has 0 aromatic heterocycles. The van der Waals surface area contributed by atoms with E-state index in [2.05, 4.69) is 26.1 Å². The van der Waals surface area contributed by atoms with Gasteiger partial charge < -0.3 is 14.8 Å². The Morgan fingerprint density at radius 3 is 2.21 bits per heavy atom. The van der Waals surface area contributed by atoms with Crippen LogP contribution in [0.1, 0.15) is 39.7 Å².